The highest BCUT2D eigenvalue weighted by Gasteiger charge is 2.09. The SMILES string of the molecule is CCC/C(=C(/C)CO)c1ccc2nc(C)cc(CC)c2c1. The molecule has 0 atom stereocenters. The van der Waals surface area contributed by atoms with Gasteiger partial charge >= 0.3 is 0 Å². The number of benzene rings is 1. The van der Waals surface area contributed by atoms with Crippen molar-refractivity contribution in [2.24, 2.45) is 0 Å². The van der Waals surface area contributed by atoms with Crippen LogP contribution >= 0.6 is 0 Å². The van der Waals surface area contributed by atoms with Gasteiger partial charge in [-0.1, -0.05) is 26.3 Å². The second kappa shape index (κ2) is 6.86. The number of aliphatic hydroxyl groups excluding tert-OH is 1. The largest absolute Gasteiger partial charge is 0.392 e. The molecule has 2 nitrogen and oxygen atoms in total. The summed E-state index contributed by atoms with van der Waals surface area (Å²) in [5.74, 6) is 0. The van der Waals surface area contributed by atoms with Gasteiger partial charge in [-0.15, -0.1) is 0 Å². The normalized spacial score (nSPS) is 12.6. The van der Waals surface area contributed by atoms with Crippen LogP contribution < -0.4 is 0 Å². The predicted octanol–water partition coefficient (Wildman–Crippen LogP) is 4.67. The molecule has 0 radical (unpaired) electrons. The molecule has 0 aliphatic heterocycles. The molecule has 2 aromatic rings. The number of aryl methyl sites for hydroxylation is 2. The molecule has 1 aromatic carbocycles. The number of pyridine rings is 1. The molecule has 1 heterocycles. The van der Waals surface area contributed by atoms with Gasteiger partial charge in [-0.05, 0) is 67.2 Å². The second-order valence-electron chi connectivity index (χ2n) is 5.68. The van der Waals surface area contributed by atoms with Gasteiger partial charge in [0.05, 0.1) is 12.1 Å². The maximum atomic E-state index is 9.47. The third kappa shape index (κ3) is 3.33. The fourth-order valence-electron chi connectivity index (χ4n) is 2.87. The van der Waals surface area contributed by atoms with E-state index in [-0.39, 0.29) is 6.61 Å². The Morgan fingerprint density at radius 2 is 1.95 bits per heavy atom. The molecule has 0 saturated carbocycles. The number of fused-ring (bicyclic) bond motifs is 1. The summed E-state index contributed by atoms with van der Waals surface area (Å²) in [7, 11) is 0. The van der Waals surface area contributed by atoms with E-state index in [0.29, 0.717) is 0 Å². The zero-order valence-electron chi connectivity index (χ0n) is 13.5. The quantitative estimate of drug-likeness (QED) is 0.865. The van der Waals surface area contributed by atoms with Gasteiger partial charge in [-0.3, -0.25) is 4.98 Å². The minimum Gasteiger partial charge on any atom is -0.392 e. The molecule has 0 fully saturated rings. The Hall–Kier alpha value is -1.67. The first-order valence-electron chi connectivity index (χ1n) is 7.80. The zero-order chi connectivity index (χ0) is 15.4. The van der Waals surface area contributed by atoms with Crippen LogP contribution in [0.5, 0.6) is 0 Å². The van der Waals surface area contributed by atoms with Crippen molar-refractivity contribution in [3.8, 4) is 0 Å². The highest BCUT2D eigenvalue weighted by atomic mass is 16.3. The van der Waals surface area contributed by atoms with E-state index in [1.54, 1.807) is 0 Å². The Morgan fingerprint density at radius 1 is 1.19 bits per heavy atom. The van der Waals surface area contributed by atoms with E-state index < -0.39 is 0 Å². The molecule has 0 unspecified atom stereocenters. The fraction of sp³-hybridized carbons (Fsp3) is 0.421. The number of allylic oxidation sites excluding steroid dienone is 1. The van der Waals surface area contributed by atoms with Crippen molar-refractivity contribution in [2.75, 3.05) is 6.61 Å². The first-order valence-corrected chi connectivity index (χ1v) is 7.80. The van der Waals surface area contributed by atoms with E-state index in [0.717, 1.165) is 36.0 Å². The maximum absolute atomic E-state index is 9.47. The van der Waals surface area contributed by atoms with Crippen LogP contribution in [0.1, 0.15) is 50.4 Å². The van der Waals surface area contributed by atoms with Crippen LogP contribution in [0, 0.1) is 6.92 Å². The molecule has 0 aliphatic rings. The molecule has 0 saturated heterocycles. The topological polar surface area (TPSA) is 33.1 Å². The average molecular weight is 283 g/mol. The zero-order valence-corrected chi connectivity index (χ0v) is 13.5. The molecular weight excluding hydrogens is 258 g/mol. The lowest BCUT2D eigenvalue weighted by Crippen LogP contribution is -1.96. The Bertz CT molecular complexity index is 671. The van der Waals surface area contributed by atoms with Gasteiger partial charge in [0, 0.05) is 11.1 Å². The molecule has 21 heavy (non-hydrogen) atoms. The molecule has 2 rings (SSSR count). The highest BCUT2D eigenvalue weighted by Crippen LogP contribution is 2.28. The number of hydrogen-bond donors (Lipinski definition) is 1. The smallest absolute Gasteiger partial charge is 0.0708 e. The highest BCUT2D eigenvalue weighted by molar-refractivity contribution is 5.86. The summed E-state index contributed by atoms with van der Waals surface area (Å²) >= 11 is 0. The lowest BCUT2D eigenvalue weighted by Gasteiger charge is -2.13. The summed E-state index contributed by atoms with van der Waals surface area (Å²) in [5.41, 5.74) is 7.03. The van der Waals surface area contributed by atoms with Crippen molar-refractivity contribution in [1.29, 1.82) is 0 Å². The van der Waals surface area contributed by atoms with Crippen molar-refractivity contribution in [3.05, 3.63) is 46.7 Å². The lowest BCUT2D eigenvalue weighted by atomic mass is 9.94. The summed E-state index contributed by atoms with van der Waals surface area (Å²) in [4.78, 5) is 4.63. The Balaban J connectivity index is 2.63. The van der Waals surface area contributed by atoms with E-state index >= 15 is 0 Å². The standard InChI is InChI=1S/C19H25NO/c1-5-7-17(13(3)12-21)16-8-9-19-18(11-16)15(6-2)10-14(4)20-19/h8-11,21H,5-7,12H2,1-4H3/b17-13+. The maximum Gasteiger partial charge on any atom is 0.0708 e. The van der Waals surface area contributed by atoms with Crippen molar-refractivity contribution in [1.82, 2.24) is 4.98 Å². The van der Waals surface area contributed by atoms with E-state index in [2.05, 4.69) is 43.1 Å². The first kappa shape index (κ1) is 15.7. The van der Waals surface area contributed by atoms with Crippen LogP contribution in [0.3, 0.4) is 0 Å². The minimum absolute atomic E-state index is 0.125. The van der Waals surface area contributed by atoms with Crippen LogP contribution in [0.15, 0.2) is 29.8 Å². The Kier molecular flexibility index (Phi) is 5.13. The monoisotopic (exact) mass is 283 g/mol. The molecule has 0 amide bonds. The van der Waals surface area contributed by atoms with Crippen molar-refractivity contribution >= 4 is 16.5 Å². The second-order valence-corrected chi connectivity index (χ2v) is 5.68. The summed E-state index contributed by atoms with van der Waals surface area (Å²) < 4.78 is 0. The number of hydrogen-bond acceptors (Lipinski definition) is 2. The van der Waals surface area contributed by atoms with E-state index in [4.69, 9.17) is 0 Å². The molecule has 0 bridgehead atoms. The molecule has 1 aromatic heterocycles. The number of aliphatic hydroxyl groups is 1. The van der Waals surface area contributed by atoms with Gasteiger partial charge in [0.2, 0.25) is 0 Å². The minimum atomic E-state index is 0.125. The summed E-state index contributed by atoms with van der Waals surface area (Å²) in [6.07, 6.45) is 3.09. The molecule has 0 spiro atoms. The van der Waals surface area contributed by atoms with Gasteiger partial charge < -0.3 is 5.11 Å². The Morgan fingerprint density at radius 3 is 2.57 bits per heavy atom. The van der Waals surface area contributed by atoms with Gasteiger partial charge in [-0.25, -0.2) is 0 Å². The average Bonchev–Trinajstić information content (AvgIpc) is 2.50. The summed E-state index contributed by atoms with van der Waals surface area (Å²) in [6.45, 7) is 8.55. The van der Waals surface area contributed by atoms with E-state index in [9.17, 15) is 5.11 Å². The molecule has 1 N–H and O–H groups in total. The van der Waals surface area contributed by atoms with E-state index in [1.165, 1.54) is 22.1 Å². The lowest BCUT2D eigenvalue weighted by molar-refractivity contribution is 0.331. The van der Waals surface area contributed by atoms with Crippen molar-refractivity contribution in [2.45, 2.75) is 47.0 Å². The van der Waals surface area contributed by atoms with E-state index in [1.807, 2.05) is 13.8 Å². The van der Waals surface area contributed by atoms with Crippen LogP contribution in [0.2, 0.25) is 0 Å². The van der Waals surface area contributed by atoms with Gasteiger partial charge in [0.15, 0.2) is 0 Å². The van der Waals surface area contributed by atoms with Crippen molar-refractivity contribution < 1.29 is 5.11 Å². The van der Waals surface area contributed by atoms with Gasteiger partial charge in [0.1, 0.15) is 0 Å². The summed E-state index contributed by atoms with van der Waals surface area (Å²) in [5, 5.41) is 10.7. The molecule has 0 aliphatic carbocycles. The van der Waals surface area contributed by atoms with Crippen molar-refractivity contribution in [3.63, 3.8) is 0 Å². The van der Waals surface area contributed by atoms with Gasteiger partial charge in [-0.2, -0.15) is 0 Å². The first-order chi connectivity index (χ1) is 10.1. The van der Waals surface area contributed by atoms with Crippen LogP contribution in [0.4, 0.5) is 0 Å². The number of rotatable bonds is 5. The number of nitrogens with zero attached hydrogens (tertiary/aromatic N) is 1. The van der Waals surface area contributed by atoms with Crippen LogP contribution in [-0.2, 0) is 6.42 Å². The molecular formula is C19H25NO. The van der Waals surface area contributed by atoms with Crippen LogP contribution in [-0.4, -0.2) is 16.7 Å². The third-order valence-electron chi connectivity index (χ3n) is 4.00. The fourth-order valence-corrected chi connectivity index (χ4v) is 2.87. The molecule has 112 valence electrons. The van der Waals surface area contributed by atoms with Crippen LogP contribution in [0.25, 0.3) is 16.5 Å². The predicted molar refractivity (Wildman–Crippen MR) is 90.4 cm³/mol. The molecule has 2 heteroatoms. The summed E-state index contributed by atoms with van der Waals surface area (Å²) in [6, 6.07) is 8.66. The third-order valence-corrected chi connectivity index (χ3v) is 4.00. The van der Waals surface area contributed by atoms with Gasteiger partial charge in [0.25, 0.3) is 0 Å². The Labute approximate surface area is 127 Å². The number of aromatic nitrogens is 1.